The molecular formula is C19H17F2NO5. The van der Waals surface area contributed by atoms with Crippen molar-refractivity contribution in [3.63, 3.8) is 0 Å². The number of nitrogens with one attached hydrogen (secondary N) is 1. The summed E-state index contributed by atoms with van der Waals surface area (Å²) in [6.07, 6.45) is -1.01. The highest BCUT2D eigenvalue weighted by molar-refractivity contribution is 5.88. The lowest BCUT2D eigenvalue weighted by atomic mass is 10.1. The van der Waals surface area contributed by atoms with Gasteiger partial charge in [-0.3, -0.25) is 9.59 Å². The Morgan fingerprint density at radius 3 is 2.22 bits per heavy atom. The number of aliphatic carboxylic acids is 1. The number of amides is 1. The number of carboxylic acid groups (broad SMARTS) is 1. The summed E-state index contributed by atoms with van der Waals surface area (Å²) in [7, 11) is 0. The third-order valence-corrected chi connectivity index (χ3v) is 3.53. The molecule has 2 rings (SSSR count). The lowest BCUT2D eigenvalue weighted by molar-refractivity contribution is -0.151. The molecule has 2 N–H and O–H groups in total. The van der Waals surface area contributed by atoms with E-state index in [9.17, 15) is 23.2 Å². The van der Waals surface area contributed by atoms with E-state index >= 15 is 0 Å². The van der Waals surface area contributed by atoms with Gasteiger partial charge in [0.15, 0.2) is 0 Å². The summed E-state index contributed by atoms with van der Waals surface area (Å²) in [5.74, 6) is -4.72. The molecule has 0 spiro atoms. The molecule has 2 aromatic rings. The third-order valence-electron chi connectivity index (χ3n) is 3.53. The molecule has 0 saturated carbocycles. The van der Waals surface area contributed by atoms with Crippen molar-refractivity contribution in [2.45, 2.75) is 25.5 Å². The summed E-state index contributed by atoms with van der Waals surface area (Å²) in [6.45, 7) is -0.0253. The van der Waals surface area contributed by atoms with Crippen LogP contribution >= 0.6 is 0 Å². The zero-order chi connectivity index (χ0) is 19.8. The maximum absolute atomic E-state index is 13.1. The SMILES string of the molecule is O=C(Cc1cc(F)cc(F)c1)N[C@@H](CC(=O)OCc1ccccc1)C(=O)O. The summed E-state index contributed by atoms with van der Waals surface area (Å²) >= 11 is 0. The number of esters is 1. The van der Waals surface area contributed by atoms with Crippen LogP contribution < -0.4 is 5.32 Å². The van der Waals surface area contributed by atoms with Crippen molar-refractivity contribution in [1.82, 2.24) is 5.32 Å². The molecule has 1 atom stereocenters. The Bertz CT molecular complexity index is 806. The molecule has 0 unspecified atom stereocenters. The van der Waals surface area contributed by atoms with Gasteiger partial charge in [0.2, 0.25) is 5.91 Å². The minimum absolute atomic E-state index is 0.0253. The van der Waals surface area contributed by atoms with Gasteiger partial charge in [0.1, 0.15) is 24.3 Å². The van der Waals surface area contributed by atoms with E-state index in [0.29, 0.717) is 6.07 Å². The molecule has 6 nitrogen and oxygen atoms in total. The number of hydrogen-bond donors (Lipinski definition) is 2. The smallest absolute Gasteiger partial charge is 0.326 e. The molecule has 2 aromatic carbocycles. The van der Waals surface area contributed by atoms with Crippen LogP contribution in [0.4, 0.5) is 8.78 Å². The molecule has 0 aromatic heterocycles. The zero-order valence-electron chi connectivity index (χ0n) is 14.2. The fraction of sp³-hybridized carbons (Fsp3) is 0.211. The average Bonchev–Trinajstić information content (AvgIpc) is 2.59. The molecule has 0 fully saturated rings. The second-order valence-corrected chi connectivity index (χ2v) is 5.76. The lowest BCUT2D eigenvalue weighted by Crippen LogP contribution is -2.43. The van der Waals surface area contributed by atoms with Crippen LogP contribution in [0, 0.1) is 11.6 Å². The molecule has 142 valence electrons. The van der Waals surface area contributed by atoms with Crippen molar-refractivity contribution in [2.24, 2.45) is 0 Å². The van der Waals surface area contributed by atoms with Gasteiger partial charge in [0.05, 0.1) is 12.8 Å². The predicted octanol–water partition coefficient (Wildman–Crippen LogP) is 2.21. The number of carbonyl (C=O) groups excluding carboxylic acids is 2. The molecule has 8 heteroatoms. The van der Waals surface area contributed by atoms with Crippen molar-refractivity contribution in [2.75, 3.05) is 0 Å². The van der Waals surface area contributed by atoms with E-state index in [2.05, 4.69) is 5.32 Å². The molecule has 0 saturated heterocycles. The van der Waals surface area contributed by atoms with Crippen molar-refractivity contribution >= 4 is 17.8 Å². The second kappa shape index (κ2) is 9.42. The van der Waals surface area contributed by atoms with E-state index in [4.69, 9.17) is 9.84 Å². The molecule has 0 aliphatic rings. The topological polar surface area (TPSA) is 92.7 Å². The minimum Gasteiger partial charge on any atom is -0.480 e. The Balaban J connectivity index is 1.89. The largest absolute Gasteiger partial charge is 0.480 e. The van der Waals surface area contributed by atoms with Gasteiger partial charge < -0.3 is 15.2 Å². The van der Waals surface area contributed by atoms with E-state index in [1.807, 2.05) is 0 Å². The first-order valence-corrected chi connectivity index (χ1v) is 8.00. The Morgan fingerprint density at radius 2 is 1.63 bits per heavy atom. The minimum atomic E-state index is -1.51. The van der Waals surface area contributed by atoms with Crippen LogP contribution in [0.25, 0.3) is 0 Å². The zero-order valence-corrected chi connectivity index (χ0v) is 14.2. The average molecular weight is 377 g/mol. The van der Waals surface area contributed by atoms with E-state index < -0.39 is 48.4 Å². The van der Waals surface area contributed by atoms with E-state index in [1.54, 1.807) is 30.3 Å². The lowest BCUT2D eigenvalue weighted by Gasteiger charge is -2.14. The van der Waals surface area contributed by atoms with Gasteiger partial charge in [-0.05, 0) is 23.3 Å². The van der Waals surface area contributed by atoms with Crippen LogP contribution in [0.3, 0.4) is 0 Å². The molecule has 0 bridgehead atoms. The van der Waals surface area contributed by atoms with Crippen LogP contribution in [0.5, 0.6) is 0 Å². The number of carbonyl (C=O) groups is 3. The van der Waals surface area contributed by atoms with Gasteiger partial charge in [0, 0.05) is 6.07 Å². The van der Waals surface area contributed by atoms with Gasteiger partial charge in [-0.1, -0.05) is 30.3 Å². The summed E-state index contributed by atoms with van der Waals surface area (Å²) in [5.41, 5.74) is 0.774. The molecule has 0 radical (unpaired) electrons. The van der Waals surface area contributed by atoms with Crippen molar-refractivity contribution in [3.05, 3.63) is 71.3 Å². The first-order valence-electron chi connectivity index (χ1n) is 8.00. The van der Waals surface area contributed by atoms with Crippen LogP contribution in [-0.2, 0) is 32.1 Å². The predicted molar refractivity (Wildman–Crippen MR) is 90.5 cm³/mol. The van der Waals surface area contributed by atoms with Gasteiger partial charge in [-0.25, -0.2) is 13.6 Å². The number of ether oxygens (including phenoxy) is 1. The highest BCUT2D eigenvalue weighted by Crippen LogP contribution is 2.09. The highest BCUT2D eigenvalue weighted by atomic mass is 19.1. The maximum Gasteiger partial charge on any atom is 0.326 e. The number of rotatable bonds is 8. The first kappa shape index (κ1) is 20.0. The Hall–Kier alpha value is -3.29. The Kier molecular flexibility index (Phi) is 6.99. The van der Waals surface area contributed by atoms with Crippen molar-refractivity contribution in [3.8, 4) is 0 Å². The number of benzene rings is 2. The van der Waals surface area contributed by atoms with Crippen LogP contribution in [0.1, 0.15) is 17.5 Å². The second-order valence-electron chi connectivity index (χ2n) is 5.76. The van der Waals surface area contributed by atoms with Gasteiger partial charge >= 0.3 is 11.9 Å². The van der Waals surface area contributed by atoms with E-state index in [1.165, 1.54) is 0 Å². The van der Waals surface area contributed by atoms with Gasteiger partial charge in [0.25, 0.3) is 0 Å². The van der Waals surface area contributed by atoms with Crippen LogP contribution in [0.15, 0.2) is 48.5 Å². The Morgan fingerprint density at radius 1 is 1.00 bits per heavy atom. The molecule has 27 heavy (non-hydrogen) atoms. The molecule has 0 aliphatic carbocycles. The number of hydrogen-bond acceptors (Lipinski definition) is 4. The molecule has 0 aliphatic heterocycles. The summed E-state index contributed by atoms with van der Waals surface area (Å²) in [6, 6.07) is 9.87. The normalized spacial score (nSPS) is 11.5. The van der Waals surface area contributed by atoms with Crippen molar-refractivity contribution < 1.29 is 33.0 Å². The Labute approximate surface area is 153 Å². The highest BCUT2D eigenvalue weighted by Gasteiger charge is 2.24. The summed E-state index contributed by atoms with van der Waals surface area (Å²) in [4.78, 5) is 35.0. The van der Waals surface area contributed by atoms with Gasteiger partial charge in [-0.2, -0.15) is 0 Å². The maximum atomic E-state index is 13.1. The number of halogens is 2. The van der Waals surface area contributed by atoms with Crippen molar-refractivity contribution in [1.29, 1.82) is 0 Å². The fourth-order valence-electron chi connectivity index (χ4n) is 2.31. The molecular weight excluding hydrogens is 360 g/mol. The first-order chi connectivity index (χ1) is 12.8. The van der Waals surface area contributed by atoms with Crippen LogP contribution in [0.2, 0.25) is 0 Å². The summed E-state index contributed by atoms with van der Waals surface area (Å²) in [5, 5.41) is 11.3. The third kappa shape index (κ3) is 6.85. The van der Waals surface area contributed by atoms with E-state index in [-0.39, 0.29) is 12.2 Å². The monoisotopic (exact) mass is 377 g/mol. The van der Waals surface area contributed by atoms with E-state index in [0.717, 1.165) is 17.7 Å². The quantitative estimate of drug-likeness (QED) is 0.688. The van der Waals surface area contributed by atoms with Gasteiger partial charge in [-0.15, -0.1) is 0 Å². The number of carboxylic acids is 1. The standard InChI is InChI=1S/C19H17F2NO5/c20-14-6-13(7-15(21)9-14)8-17(23)22-16(19(25)26)10-18(24)27-11-12-4-2-1-3-5-12/h1-7,9,16H,8,10-11H2,(H,22,23)(H,25,26)/t16-/m0/s1. The molecule has 0 heterocycles. The summed E-state index contributed by atoms with van der Waals surface area (Å²) < 4.78 is 31.3. The fourth-order valence-corrected chi connectivity index (χ4v) is 2.31. The van der Waals surface area contributed by atoms with Crippen LogP contribution in [-0.4, -0.2) is 29.0 Å². The molecule has 1 amide bonds.